The number of halogens is 1. The summed E-state index contributed by atoms with van der Waals surface area (Å²) in [5.41, 5.74) is 2.10. The summed E-state index contributed by atoms with van der Waals surface area (Å²) in [6.07, 6.45) is 1.56. The van der Waals surface area contributed by atoms with Gasteiger partial charge >= 0.3 is 0 Å². The van der Waals surface area contributed by atoms with E-state index in [2.05, 4.69) is 29.1 Å². The molecular weight excluding hydrogens is 374 g/mol. The molecule has 1 atom stereocenters. The molecule has 0 saturated heterocycles. The summed E-state index contributed by atoms with van der Waals surface area (Å²) >= 11 is 9.28. The highest BCUT2D eigenvalue weighted by Crippen LogP contribution is 2.34. The lowest BCUT2D eigenvalue weighted by molar-refractivity contribution is -0.119. The Balaban J connectivity index is 1.68. The van der Waals surface area contributed by atoms with Gasteiger partial charge in [-0.2, -0.15) is 0 Å². The van der Waals surface area contributed by atoms with Crippen LogP contribution in [0.5, 0.6) is 0 Å². The number of fused-ring (bicyclic) bond motifs is 1. The van der Waals surface area contributed by atoms with E-state index in [0.29, 0.717) is 10.8 Å². The van der Waals surface area contributed by atoms with Crippen molar-refractivity contribution in [3.05, 3.63) is 51.6 Å². The third-order valence-corrected chi connectivity index (χ3v) is 6.47. The first-order valence-corrected chi connectivity index (χ1v) is 10.0. The Bertz CT molecular complexity index is 926. The number of nitrogens with zero attached hydrogens (tertiary/aromatic N) is 2. The van der Waals surface area contributed by atoms with Crippen LogP contribution in [0.4, 0.5) is 0 Å². The fourth-order valence-corrected chi connectivity index (χ4v) is 4.81. The molecule has 0 aliphatic heterocycles. The molecule has 1 N–H and O–H groups in total. The standard InChI is InChI=1S/C18H18ClN3OS2/c1-10-12(3)25-18-16(10)17(20-9-21-18)24-8-15(23)22-11(2)13-6-4-5-7-14(13)19/h4-7,9,11H,8H2,1-3H3,(H,22,23). The van der Waals surface area contributed by atoms with Crippen molar-refractivity contribution in [2.45, 2.75) is 31.8 Å². The van der Waals surface area contributed by atoms with Gasteiger partial charge in [-0.25, -0.2) is 9.97 Å². The lowest BCUT2D eigenvalue weighted by atomic mass is 10.1. The zero-order valence-electron chi connectivity index (χ0n) is 14.2. The number of aryl methyl sites for hydroxylation is 2. The second kappa shape index (κ2) is 7.72. The third-order valence-electron chi connectivity index (χ3n) is 4.02. The molecule has 0 radical (unpaired) electrons. The van der Waals surface area contributed by atoms with Crippen LogP contribution in [-0.2, 0) is 4.79 Å². The number of carbonyl (C=O) groups is 1. The Morgan fingerprint density at radius 1 is 1.32 bits per heavy atom. The minimum absolute atomic E-state index is 0.0474. The van der Waals surface area contributed by atoms with Crippen LogP contribution in [0, 0.1) is 13.8 Å². The number of amides is 1. The monoisotopic (exact) mass is 391 g/mol. The van der Waals surface area contributed by atoms with Crippen LogP contribution < -0.4 is 5.32 Å². The smallest absolute Gasteiger partial charge is 0.230 e. The van der Waals surface area contributed by atoms with E-state index in [4.69, 9.17) is 11.6 Å². The van der Waals surface area contributed by atoms with Crippen LogP contribution in [0.2, 0.25) is 5.02 Å². The molecule has 0 fully saturated rings. The number of hydrogen-bond acceptors (Lipinski definition) is 5. The van der Waals surface area contributed by atoms with Gasteiger partial charge in [-0.3, -0.25) is 4.79 Å². The zero-order valence-corrected chi connectivity index (χ0v) is 16.6. The molecule has 0 spiro atoms. The third kappa shape index (κ3) is 3.97. The maximum atomic E-state index is 12.3. The summed E-state index contributed by atoms with van der Waals surface area (Å²) in [6.45, 7) is 6.08. The number of rotatable bonds is 5. The number of benzene rings is 1. The number of carbonyl (C=O) groups excluding carboxylic acids is 1. The normalized spacial score (nSPS) is 12.3. The number of thioether (sulfide) groups is 1. The molecule has 1 unspecified atom stereocenters. The largest absolute Gasteiger partial charge is 0.349 e. The molecule has 4 nitrogen and oxygen atoms in total. The zero-order chi connectivity index (χ0) is 18.0. The lowest BCUT2D eigenvalue weighted by Crippen LogP contribution is -2.28. The van der Waals surface area contributed by atoms with Crippen LogP contribution in [-0.4, -0.2) is 21.6 Å². The van der Waals surface area contributed by atoms with E-state index in [1.165, 1.54) is 22.2 Å². The maximum Gasteiger partial charge on any atom is 0.230 e. The van der Waals surface area contributed by atoms with Crippen molar-refractivity contribution < 1.29 is 4.79 Å². The molecule has 0 bridgehead atoms. The minimum Gasteiger partial charge on any atom is -0.349 e. The van der Waals surface area contributed by atoms with E-state index < -0.39 is 0 Å². The van der Waals surface area contributed by atoms with Crippen LogP contribution in [0.3, 0.4) is 0 Å². The highest BCUT2D eigenvalue weighted by atomic mass is 35.5. The second-order valence-electron chi connectivity index (χ2n) is 5.74. The minimum atomic E-state index is -0.141. The molecule has 25 heavy (non-hydrogen) atoms. The van der Waals surface area contributed by atoms with Gasteiger partial charge in [0.05, 0.1) is 11.8 Å². The Hall–Kier alpha value is -1.63. The maximum absolute atomic E-state index is 12.3. The fourth-order valence-electron chi connectivity index (χ4n) is 2.58. The van der Waals surface area contributed by atoms with Crippen LogP contribution in [0.1, 0.15) is 29.0 Å². The van der Waals surface area contributed by atoms with Gasteiger partial charge in [-0.1, -0.05) is 41.6 Å². The molecule has 130 valence electrons. The van der Waals surface area contributed by atoms with Crippen LogP contribution in [0.15, 0.2) is 35.6 Å². The van der Waals surface area contributed by atoms with Crippen LogP contribution >= 0.6 is 34.7 Å². The first kappa shape index (κ1) is 18.2. The summed E-state index contributed by atoms with van der Waals surface area (Å²) in [5.74, 6) is 0.253. The van der Waals surface area contributed by atoms with Gasteiger partial charge in [-0.15, -0.1) is 11.3 Å². The molecule has 2 heterocycles. The summed E-state index contributed by atoms with van der Waals surface area (Å²) in [4.78, 5) is 23.2. The van der Waals surface area contributed by atoms with Gasteiger partial charge in [0.1, 0.15) is 16.2 Å². The average molecular weight is 392 g/mol. The van der Waals surface area contributed by atoms with Crippen molar-refractivity contribution in [2.24, 2.45) is 0 Å². The summed E-state index contributed by atoms with van der Waals surface area (Å²) < 4.78 is 0. The van der Waals surface area contributed by atoms with E-state index in [0.717, 1.165) is 20.8 Å². The van der Waals surface area contributed by atoms with Crippen molar-refractivity contribution in [3.8, 4) is 0 Å². The van der Waals surface area contributed by atoms with Gasteiger partial charge < -0.3 is 5.32 Å². The van der Waals surface area contributed by atoms with Gasteiger partial charge in [0.2, 0.25) is 5.91 Å². The van der Waals surface area contributed by atoms with E-state index in [-0.39, 0.29) is 11.9 Å². The first-order valence-electron chi connectivity index (χ1n) is 7.84. The first-order chi connectivity index (χ1) is 12.0. The van der Waals surface area contributed by atoms with Crippen LogP contribution in [0.25, 0.3) is 10.2 Å². The average Bonchev–Trinajstić information content (AvgIpc) is 2.88. The van der Waals surface area contributed by atoms with Gasteiger partial charge in [0.15, 0.2) is 0 Å². The van der Waals surface area contributed by atoms with Gasteiger partial charge in [0.25, 0.3) is 0 Å². The van der Waals surface area contributed by atoms with E-state index in [9.17, 15) is 4.79 Å². The van der Waals surface area contributed by atoms with Crippen molar-refractivity contribution in [3.63, 3.8) is 0 Å². The highest BCUT2D eigenvalue weighted by Gasteiger charge is 2.15. The van der Waals surface area contributed by atoms with Gasteiger partial charge in [0, 0.05) is 15.3 Å². The molecule has 1 aromatic carbocycles. The number of hydrogen-bond donors (Lipinski definition) is 1. The second-order valence-corrected chi connectivity index (χ2v) is 8.32. The lowest BCUT2D eigenvalue weighted by Gasteiger charge is -2.15. The van der Waals surface area contributed by atoms with Crippen molar-refractivity contribution in [1.82, 2.24) is 15.3 Å². The van der Waals surface area contributed by atoms with Crippen molar-refractivity contribution >= 4 is 50.8 Å². The Morgan fingerprint density at radius 2 is 2.08 bits per heavy atom. The van der Waals surface area contributed by atoms with E-state index in [1.54, 1.807) is 17.7 Å². The predicted molar refractivity (Wildman–Crippen MR) is 106 cm³/mol. The quantitative estimate of drug-likeness (QED) is 0.494. The van der Waals surface area contributed by atoms with Crippen molar-refractivity contribution in [1.29, 1.82) is 0 Å². The molecule has 0 aliphatic carbocycles. The molecule has 2 aromatic heterocycles. The Kier molecular flexibility index (Phi) is 5.61. The number of aromatic nitrogens is 2. The molecule has 0 saturated carbocycles. The molecule has 1 amide bonds. The Morgan fingerprint density at radius 3 is 2.84 bits per heavy atom. The predicted octanol–water partition coefficient (Wildman–Crippen LogP) is 4.93. The molecule has 0 aliphatic rings. The van der Waals surface area contributed by atoms with E-state index in [1.807, 2.05) is 31.2 Å². The number of nitrogens with one attached hydrogen (secondary N) is 1. The summed E-state index contributed by atoms with van der Waals surface area (Å²) in [6, 6.07) is 7.40. The van der Waals surface area contributed by atoms with E-state index >= 15 is 0 Å². The molecular formula is C18H18ClN3OS2. The Labute approximate surface area is 160 Å². The molecule has 7 heteroatoms. The summed E-state index contributed by atoms with van der Waals surface area (Å²) in [5, 5.41) is 5.56. The molecule has 3 rings (SSSR count). The van der Waals surface area contributed by atoms with Gasteiger partial charge in [-0.05, 0) is 38.0 Å². The van der Waals surface area contributed by atoms with Crippen molar-refractivity contribution in [2.75, 3.05) is 5.75 Å². The topological polar surface area (TPSA) is 54.9 Å². The fraction of sp³-hybridized carbons (Fsp3) is 0.278. The number of thiophene rings is 1. The summed E-state index contributed by atoms with van der Waals surface area (Å²) in [7, 11) is 0. The highest BCUT2D eigenvalue weighted by molar-refractivity contribution is 8.00. The SMILES string of the molecule is Cc1sc2ncnc(SCC(=O)NC(C)c3ccccc3Cl)c2c1C. The molecule has 3 aromatic rings.